The minimum atomic E-state index is -4.74. The molecule has 0 aliphatic carbocycles. The average Bonchev–Trinajstić information content (AvgIpc) is 3.35. The molecule has 2 aromatic carbocycles. The van der Waals surface area contributed by atoms with E-state index in [4.69, 9.17) is 0 Å². The molecule has 4 rings (SSSR count). The van der Waals surface area contributed by atoms with Crippen LogP contribution in [-0.2, 0) is 30.5 Å². The molecule has 7 nitrogen and oxygen atoms in total. The SMILES string of the molecule is CN(C)C(=O)Cc1ccccc1CN1Cc2ccc(-c3noc(C(F)(F)F)n3)cc2C1=O. The third kappa shape index (κ3) is 4.20. The van der Waals surface area contributed by atoms with Crippen LogP contribution in [0.15, 0.2) is 47.0 Å². The molecule has 0 bridgehead atoms. The molecule has 3 aromatic rings. The van der Waals surface area contributed by atoms with Crippen molar-refractivity contribution in [1.29, 1.82) is 0 Å². The number of rotatable bonds is 5. The third-order valence-electron chi connectivity index (χ3n) is 5.24. The smallest absolute Gasteiger partial charge is 0.349 e. The Balaban J connectivity index is 1.55. The van der Waals surface area contributed by atoms with Crippen LogP contribution in [0, 0.1) is 0 Å². The number of benzene rings is 2. The van der Waals surface area contributed by atoms with Gasteiger partial charge in [0.2, 0.25) is 11.7 Å². The van der Waals surface area contributed by atoms with Gasteiger partial charge < -0.3 is 14.3 Å². The number of hydrogen-bond acceptors (Lipinski definition) is 5. The van der Waals surface area contributed by atoms with E-state index in [9.17, 15) is 22.8 Å². The first-order valence-electron chi connectivity index (χ1n) is 9.74. The lowest BCUT2D eigenvalue weighted by atomic mass is 10.0. The predicted molar refractivity (Wildman–Crippen MR) is 107 cm³/mol. The number of carbonyl (C=O) groups excluding carboxylic acids is 2. The van der Waals surface area contributed by atoms with Crippen LogP contribution in [0.5, 0.6) is 0 Å². The van der Waals surface area contributed by atoms with E-state index in [0.717, 1.165) is 16.7 Å². The third-order valence-corrected chi connectivity index (χ3v) is 5.24. The van der Waals surface area contributed by atoms with Crippen molar-refractivity contribution >= 4 is 11.8 Å². The summed E-state index contributed by atoms with van der Waals surface area (Å²) >= 11 is 0. The van der Waals surface area contributed by atoms with Crippen LogP contribution in [-0.4, -0.2) is 45.9 Å². The number of fused-ring (bicyclic) bond motifs is 1. The minimum Gasteiger partial charge on any atom is -0.349 e. The highest BCUT2D eigenvalue weighted by Gasteiger charge is 2.38. The van der Waals surface area contributed by atoms with Gasteiger partial charge in [-0.15, -0.1) is 0 Å². The Labute approximate surface area is 181 Å². The zero-order valence-electron chi connectivity index (χ0n) is 17.3. The summed E-state index contributed by atoms with van der Waals surface area (Å²) in [5.41, 5.74) is 3.08. The Morgan fingerprint density at radius 3 is 2.53 bits per heavy atom. The number of amides is 2. The summed E-state index contributed by atoms with van der Waals surface area (Å²) in [5, 5.41) is 3.38. The first kappa shape index (κ1) is 21.5. The second kappa shape index (κ2) is 8.10. The Kier molecular flexibility index (Phi) is 5.45. The molecule has 0 saturated carbocycles. The number of aromatic nitrogens is 2. The topological polar surface area (TPSA) is 79.5 Å². The Morgan fingerprint density at radius 1 is 1.16 bits per heavy atom. The van der Waals surface area contributed by atoms with Gasteiger partial charge in [-0.25, -0.2) is 0 Å². The molecule has 0 N–H and O–H groups in total. The van der Waals surface area contributed by atoms with Crippen LogP contribution in [0.25, 0.3) is 11.4 Å². The molecule has 1 aliphatic rings. The second-order valence-electron chi connectivity index (χ2n) is 7.69. The van der Waals surface area contributed by atoms with Crippen molar-refractivity contribution in [2.45, 2.75) is 25.7 Å². The van der Waals surface area contributed by atoms with Crippen molar-refractivity contribution in [3.05, 3.63) is 70.6 Å². The molecule has 10 heteroatoms. The minimum absolute atomic E-state index is 0.0449. The van der Waals surface area contributed by atoms with Crippen LogP contribution in [0.4, 0.5) is 13.2 Å². The summed E-state index contributed by atoms with van der Waals surface area (Å²) < 4.78 is 42.5. The number of alkyl halides is 3. The van der Waals surface area contributed by atoms with Crippen molar-refractivity contribution in [3.8, 4) is 11.4 Å². The molecular formula is C22H19F3N4O3. The molecule has 0 spiro atoms. The predicted octanol–water partition coefficient (Wildman–Crippen LogP) is 3.54. The van der Waals surface area contributed by atoms with Gasteiger partial charge in [-0.2, -0.15) is 18.2 Å². The maximum absolute atomic E-state index is 13.0. The van der Waals surface area contributed by atoms with E-state index in [1.165, 1.54) is 11.0 Å². The highest BCUT2D eigenvalue weighted by molar-refractivity contribution is 5.99. The van der Waals surface area contributed by atoms with E-state index >= 15 is 0 Å². The summed E-state index contributed by atoms with van der Waals surface area (Å²) in [4.78, 5) is 31.7. The summed E-state index contributed by atoms with van der Waals surface area (Å²) in [7, 11) is 3.37. The van der Waals surface area contributed by atoms with Gasteiger partial charge >= 0.3 is 12.1 Å². The molecule has 32 heavy (non-hydrogen) atoms. The number of carbonyl (C=O) groups is 2. The van der Waals surface area contributed by atoms with Crippen LogP contribution < -0.4 is 0 Å². The van der Waals surface area contributed by atoms with Crippen molar-refractivity contribution in [2.75, 3.05) is 14.1 Å². The van der Waals surface area contributed by atoms with Gasteiger partial charge in [0.1, 0.15) is 0 Å². The molecule has 0 atom stereocenters. The van der Waals surface area contributed by atoms with E-state index in [2.05, 4.69) is 14.7 Å². The number of hydrogen-bond donors (Lipinski definition) is 0. The van der Waals surface area contributed by atoms with E-state index in [0.29, 0.717) is 18.7 Å². The number of likely N-dealkylation sites (N-methyl/N-ethyl adjacent to an activating group) is 1. The van der Waals surface area contributed by atoms with Crippen LogP contribution in [0.2, 0.25) is 0 Å². The Hall–Kier alpha value is -3.69. The van der Waals surface area contributed by atoms with Gasteiger partial charge in [-0.3, -0.25) is 9.59 Å². The maximum Gasteiger partial charge on any atom is 0.471 e. The van der Waals surface area contributed by atoms with E-state index in [1.807, 2.05) is 24.3 Å². The largest absolute Gasteiger partial charge is 0.471 e. The summed E-state index contributed by atoms with van der Waals surface area (Å²) in [6, 6.07) is 12.1. The first-order valence-corrected chi connectivity index (χ1v) is 9.74. The van der Waals surface area contributed by atoms with Crippen LogP contribution in [0.1, 0.15) is 32.9 Å². The molecule has 1 aliphatic heterocycles. The summed E-state index contributed by atoms with van der Waals surface area (Å²) in [5.74, 6) is -1.98. The highest BCUT2D eigenvalue weighted by Crippen LogP contribution is 2.32. The van der Waals surface area contributed by atoms with E-state index < -0.39 is 12.1 Å². The van der Waals surface area contributed by atoms with Gasteiger partial charge in [0.15, 0.2) is 0 Å². The lowest BCUT2D eigenvalue weighted by Gasteiger charge is -2.19. The van der Waals surface area contributed by atoms with Crippen molar-refractivity contribution in [3.63, 3.8) is 0 Å². The quantitative estimate of drug-likeness (QED) is 0.602. The molecule has 0 radical (unpaired) electrons. The molecular weight excluding hydrogens is 425 g/mol. The monoisotopic (exact) mass is 444 g/mol. The van der Waals surface area contributed by atoms with Crippen LogP contribution in [0.3, 0.4) is 0 Å². The molecule has 0 saturated heterocycles. The molecule has 2 amide bonds. The zero-order chi connectivity index (χ0) is 23.0. The Morgan fingerprint density at radius 2 is 1.88 bits per heavy atom. The number of nitrogens with zero attached hydrogens (tertiary/aromatic N) is 4. The number of halogens is 3. The molecule has 2 heterocycles. The van der Waals surface area contributed by atoms with Gasteiger partial charge in [0, 0.05) is 38.3 Å². The summed E-state index contributed by atoms with van der Waals surface area (Å²) in [6.07, 6.45) is -4.52. The first-order chi connectivity index (χ1) is 15.1. The average molecular weight is 444 g/mol. The van der Waals surface area contributed by atoms with Gasteiger partial charge in [-0.1, -0.05) is 41.6 Å². The normalized spacial score (nSPS) is 13.4. The second-order valence-corrected chi connectivity index (χ2v) is 7.69. The lowest BCUT2D eigenvalue weighted by Crippen LogP contribution is -2.26. The van der Waals surface area contributed by atoms with Crippen molar-refractivity contribution in [1.82, 2.24) is 19.9 Å². The molecule has 1 aromatic heterocycles. The van der Waals surface area contributed by atoms with Gasteiger partial charge in [0.25, 0.3) is 5.91 Å². The van der Waals surface area contributed by atoms with Crippen LogP contribution >= 0.6 is 0 Å². The molecule has 166 valence electrons. The van der Waals surface area contributed by atoms with Crippen molar-refractivity contribution in [2.24, 2.45) is 0 Å². The van der Waals surface area contributed by atoms with E-state index in [1.54, 1.807) is 31.1 Å². The maximum atomic E-state index is 13.0. The summed E-state index contributed by atoms with van der Waals surface area (Å²) in [6.45, 7) is 0.657. The lowest BCUT2D eigenvalue weighted by molar-refractivity contribution is -0.159. The zero-order valence-corrected chi connectivity index (χ0v) is 17.3. The molecule has 0 unspecified atom stereocenters. The Bertz CT molecular complexity index is 1190. The fourth-order valence-corrected chi connectivity index (χ4v) is 3.49. The molecule has 0 fully saturated rings. The highest BCUT2D eigenvalue weighted by atomic mass is 19.4. The standard InChI is InChI=1S/C22H19F3N4O3/c1-28(2)18(30)10-13-5-3-4-6-15(13)11-29-12-16-8-7-14(9-17(16)20(29)31)19-26-21(32-27-19)22(23,24)25/h3-9H,10-12H2,1-2H3. The fraction of sp³-hybridized carbons (Fsp3) is 0.273. The van der Waals surface area contributed by atoms with E-state index in [-0.39, 0.29) is 29.6 Å². The van der Waals surface area contributed by atoms with Crippen molar-refractivity contribution < 1.29 is 27.3 Å². The van der Waals surface area contributed by atoms with Gasteiger partial charge in [0.05, 0.1) is 6.42 Å². The fourth-order valence-electron chi connectivity index (χ4n) is 3.49. The van der Waals surface area contributed by atoms with Gasteiger partial charge in [-0.05, 0) is 22.8 Å².